The third kappa shape index (κ3) is 1.55. The van der Waals surface area contributed by atoms with Crippen molar-refractivity contribution >= 4 is 22.5 Å². The normalized spacial score (nSPS) is 10.9. The van der Waals surface area contributed by atoms with E-state index >= 15 is 0 Å². The van der Waals surface area contributed by atoms with Crippen molar-refractivity contribution in [2.45, 2.75) is 6.54 Å². The minimum Gasteiger partial charge on any atom is -0.360 e. The molecule has 0 amide bonds. The number of aromatic amines is 1. The van der Waals surface area contributed by atoms with Crippen molar-refractivity contribution in [1.29, 1.82) is 0 Å². The highest BCUT2D eigenvalue weighted by Crippen LogP contribution is 2.23. The summed E-state index contributed by atoms with van der Waals surface area (Å²) >= 11 is 6.08. The lowest BCUT2D eigenvalue weighted by atomic mass is 10.1. The summed E-state index contributed by atoms with van der Waals surface area (Å²) in [6.07, 6.45) is 1.90. The van der Waals surface area contributed by atoms with Crippen molar-refractivity contribution in [3.05, 3.63) is 35.0 Å². The Morgan fingerprint density at radius 2 is 2.31 bits per heavy atom. The van der Waals surface area contributed by atoms with Gasteiger partial charge in [-0.1, -0.05) is 11.6 Å². The van der Waals surface area contributed by atoms with Gasteiger partial charge in [-0.3, -0.25) is 0 Å². The molecule has 0 aliphatic carbocycles. The first-order valence-electron chi connectivity index (χ1n) is 4.21. The first kappa shape index (κ1) is 8.60. The number of H-pyrrole nitrogens is 1. The number of nitrogens with one attached hydrogen (secondary N) is 2. The van der Waals surface area contributed by atoms with Crippen LogP contribution < -0.4 is 5.32 Å². The molecule has 0 radical (unpaired) electrons. The van der Waals surface area contributed by atoms with Gasteiger partial charge in [-0.25, -0.2) is 0 Å². The second-order valence-corrected chi connectivity index (χ2v) is 3.46. The quantitative estimate of drug-likeness (QED) is 0.756. The summed E-state index contributed by atoms with van der Waals surface area (Å²) < 4.78 is 0. The average molecular weight is 195 g/mol. The SMILES string of the molecule is CNCc1cc(Cl)c2[nH]ccc2c1. The number of benzene rings is 1. The number of fused-ring (bicyclic) bond motifs is 1. The molecular formula is C10H11ClN2. The van der Waals surface area contributed by atoms with Crippen LogP contribution in [-0.4, -0.2) is 12.0 Å². The highest BCUT2D eigenvalue weighted by atomic mass is 35.5. The van der Waals surface area contributed by atoms with Gasteiger partial charge in [0.15, 0.2) is 0 Å². The molecule has 0 saturated heterocycles. The Kier molecular flexibility index (Phi) is 2.25. The molecule has 0 fully saturated rings. The largest absolute Gasteiger partial charge is 0.360 e. The average Bonchev–Trinajstić information content (AvgIpc) is 2.53. The van der Waals surface area contributed by atoms with Crippen LogP contribution in [0.15, 0.2) is 24.4 Å². The zero-order chi connectivity index (χ0) is 9.26. The van der Waals surface area contributed by atoms with Crippen LogP contribution in [0.4, 0.5) is 0 Å². The molecule has 0 unspecified atom stereocenters. The second kappa shape index (κ2) is 3.40. The lowest BCUT2D eigenvalue weighted by Gasteiger charge is -2.01. The fourth-order valence-corrected chi connectivity index (χ4v) is 1.79. The summed E-state index contributed by atoms with van der Waals surface area (Å²) in [5.74, 6) is 0. The summed E-state index contributed by atoms with van der Waals surface area (Å²) in [4.78, 5) is 3.10. The fraction of sp³-hybridized carbons (Fsp3) is 0.200. The smallest absolute Gasteiger partial charge is 0.0650 e. The van der Waals surface area contributed by atoms with Crippen LogP contribution in [0.2, 0.25) is 5.02 Å². The Balaban J connectivity index is 2.56. The third-order valence-electron chi connectivity index (χ3n) is 2.05. The van der Waals surface area contributed by atoms with E-state index in [0.717, 1.165) is 22.5 Å². The molecule has 2 N–H and O–H groups in total. The number of rotatable bonds is 2. The van der Waals surface area contributed by atoms with Crippen LogP contribution in [0.3, 0.4) is 0 Å². The summed E-state index contributed by atoms with van der Waals surface area (Å²) in [6, 6.07) is 6.14. The van der Waals surface area contributed by atoms with Gasteiger partial charge in [-0.15, -0.1) is 0 Å². The van der Waals surface area contributed by atoms with Crippen molar-refractivity contribution in [3.8, 4) is 0 Å². The van der Waals surface area contributed by atoms with Crippen molar-refractivity contribution in [3.63, 3.8) is 0 Å². The van der Waals surface area contributed by atoms with Crippen molar-refractivity contribution in [1.82, 2.24) is 10.3 Å². The highest BCUT2D eigenvalue weighted by Gasteiger charge is 2.01. The lowest BCUT2D eigenvalue weighted by molar-refractivity contribution is 0.819. The molecular weight excluding hydrogens is 184 g/mol. The maximum absolute atomic E-state index is 6.08. The number of hydrogen-bond acceptors (Lipinski definition) is 1. The van der Waals surface area contributed by atoms with Crippen LogP contribution in [0.5, 0.6) is 0 Å². The van der Waals surface area contributed by atoms with Gasteiger partial charge in [0.1, 0.15) is 0 Å². The van der Waals surface area contributed by atoms with Crippen molar-refractivity contribution < 1.29 is 0 Å². The zero-order valence-electron chi connectivity index (χ0n) is 7.39. The molecule has 0 atom stereocenters. The minimum absolute atomic E-state index is 0.785. The fourth-order valence-electron chi connectivity index (χ4n) is 1.49. The molecule has 1 aromatic heterocycles. The van der Waals surface area contributed by atoms with Gasteiger partial charge in [0, 0.05) is 18.1 Å². The molecule has 2 rings (SSSR count). The van der Waals surface area contributed by atoms with Crippen LogP contribution in [0.25, 0.3) is 10.9 Å². The molecule has 1 heterocycles. The molecule has 0 saturated carbocycles. The van der Waals surface area contributed by atoms with Crippen LogP contribution >= 0.6 is 11.6 Å². The summed E-state index contributed by atoms with van der Waals surface area (Å²) in [6.45, 7) is 0.848. The first-order valence-corrected chi connectivity index (χ1v) is 4.59. The van der Waals surface area contributed by atoms with Crippen LogP contribution in [-0.2, 0) is 6.54 Å². The Hall–Kier alpha value is -0.990. The van der Waals surface area contributed by atoms with Gasteiger partial charge in [0.05, 0.1) is 10.5 Å². The lowest BCUT2D eigenvalue weighted by Crippen LogP contribution is -2.04. The van der Waals surface area contributed by atoms with E-state index in [2.05, 4.69) is 16.4 Å². The number of hydrogen-bond donors (Lipinski definition) is 2. The maximum Gasteiger partial charge on any atom is 0.0650 e. The van der Waals surface area contributed by atoms with Gasteiger partial charge in [-0.05, 0) is 30.8 Å². The molecule has 3 heteroatoms. The Bertz CT molecular complexity index is 420. The van der Waals surface area contributed by atoms with Gasteiger partial charge in [0.2, 0.25) is 0 Å². The molecule has 1 aromatic carbocycles. The summed E-state index contributed by atoms with van der Waals surface area (Å²) in [5.41, 5.74) is 2.22. The third-order valence-corrected chi connectivity index (χ3v) is 2.35. The van der Waals surface area contributed by atoms with Crippen LogP contribution in [0.1, 0.15) is 5.56 Å². The predicted octanol–water partition coefficient (Wildman–Crippen LogP) is 2.54. The summed E-state index contributed by atoms with van der Waals surface area (Å²) in [5, 5.41) is 5.05. The molecule has 2 aromatic rings. The molecule has 0 spiro atoms. The van der Waals surface area contributed by atoms with E-state index in [1.165, 1.54) is 5.56 Å². The van der Waals surface area contributed by atoms with E-state index < -0.39 is 0 Å². The number of halogens is 1. The van der Waals surface area contributed by atoms with Gasteiger partial charge >= 0.3 is 0 Å². The van der Waals surface area contributed by atoms with E-state index in [-0.39, 0.29) is 0 Å². The summed E-state index contributed by atoms with van der Waals surface area (Å²) in [7, 11) is 1.93. The van der Waals surface area contributed by atoms with E-state index in [4.69, 9.17) is 11.6 Å². The molecule has 2 nitrogen and oxygen atoms in total. The molecule has 68 valence electrons. The maximum atomic E-state index is 6.08. The van der Waals surface area contributed by atoms with Gasteiger partial charge in [0.25, 0.3) is 0 Å². The van der Waals surface area contributed by atoms with Crippen molar-refractivity contribution in [2.75, 3.05) is 7.05 Å². The van der Waals surface area contributed by atoms with E-state index in [1.54, 1.807) is 0 Å². The van der Waals surface area contributed by atoms with E-state index in [1.807, 2.05) is 25.4 Å². The molecule has 13 heavy (non-hydrogen) atoms. The van der Waals surface area contributed by atoms with E-state index in [0.29, 0.717) is 0 Å². The highest BCUT2D eigenvalue weighted by molar-refractivity contribution is 6.35. The zero-order valence-corrected chi connectivity index (χ0v) is 8.15. The Labute approximate surface area is 81.9 Å². The monoisotopic (exact) mass is 194 g/mol. The topological polar surface area (TPSA) is 27.8 Å². The predicted molar refractivity (Wildman–Crippen MR) is 56.1 cm³/mol. The minimum atomic E-state index is 0.785. The van der Waals surface area contributed by atoms with Crippen molar-refractivity contribution in [2.24, 2.45) is 0 Å². The standard InChI is InChI=1S/C10H11ClN2/c1-12-6-7-4-8-2-3-13-10(8)9(11)5-7/h2-5,12-13H,6H2,1H3. The Morgan fingerprint density at radius 1 is 1.46 bits per heavy atom. The van der Waals surface area contributed by atoms with Gasteiger partial charge in [-0.2, -0.15) is 0 Å². The Morgan fingerprint density at radius 3 is 3.08 bits per heavy atom. The van der Waals surface area contributed by atoms with E-state index in [9.17, 15) is 0 Å². The molecule has 0 aliphatic rings. The molecule has 0 bridgehead atoms. The molecule has 0 aliphatic heterocycles. The van der Waals surface area contributed by atoms with Gasteiger partial charge < -0.3 is 10.3 Å². The first-order chi connectivity index (χ1) is 6.31. The number of aromatic nitrogens is 1. The van der Waals surface area contributed by atoms with Crippen LogP contribution in [0, 0.1) is 0 Å². The second-order valence-electron chi connectivity index (χ2n) is 3.05.